The van der Waals surface area contributed by atoms with Crippen LogP contribution in [0.3, 0.4) is 0 Å². The van der Waals surface area contributed by atoms with Crippen molar-refractivity contribution < 1.29 is 0 Å². The van der Waals surface area contributed by atoms with Crippen molar-refractivity contribution in [3.05, 3.63) is 65.7 Å². The minimum atomic E-state index is 0.816. The molecule has 0 fully saturated rings. The summed E-state index contributed by atoms with van der Waals surface area (Å²) in [6.45, 7) is 0. The molecule has 0 saturated carbocycles. The Morgan fingerprint density at radius 3 is 2.43 bits per heavy atom. The molecule has 0 aliphatic heterocycles. The first-order valence-electron chi connectivity index (χ1n) is 7.27. The first-order valence-corrected chi connectivity index (χ1v) is 9.28. The first kappa shape index (κ1) is 13.5. The third-order valence-electron chi connectivity index (χ3n) is 3.99. The van der Waals surface area contributed by atoms with Crippen LogP contribution in [0.1, 0.15) is 0 Å². The summed E-state index contributed by atoms with van der Waals surface area (Å²) in [6, 6.07) is 20.7. The summed E-state index contributed by atoms with van der Waals surface area (Å²) in [7, 11) is 0. The van der Waals surface area contributed by atoms with Crippen LogP contribution in [0.25, 0.3) is 41.0 Å². The van der Waals surface area contributed by atoms with Crippen molar-refractivity contribution in [2.45, 2.75) is 0 Å². The van der Waals surface area contributed by atoms with E-state index in [-0.39, 0.29) is 0 Å². The molecule has 110 valence electrons. The van der Waals surface area contributed by atoms with Gasteiger partial charge in [-0.2, -0.15) is 0 Å². The van der Waals surface area contributed by atoms with Crippen molar-refractivity contribution in [2.75, 3.05) is 0 Å². The highest BCUT2D eigenvalue weighted by molar-refractivity contribution is 7.28. The number of halogens is 1. The van der Waals surface area contributed by atoms with Gasteiger partial charge >= 0.3 is 0 Å². The molecule has 0 atom stereocenters. The summed E-state index contributed by atoms with van der Waals surface area (Å²) >= 11 is 10.0. The lowest BCUT2D eigenvalue weighted by Gasteiger charge is -1.96. The topological polar surface area (TPSA) is 12.9 Å². The van der Waals surface area contributed by atoms with Crippen molar-refractivity contribution in [3.63, 3.8) is 0 Å². The minimum absolute atomic E-state index is 0.816. The molecular weight excluding hydrogens is 342 g/mol. The fraction of sp³-hybridized carbons (Fsp3) is 0. The SMILES string of the molecule is Clc1cccc2sc3ccc4nc(-c5ccccc5)sc4c3c12. The number of thiophene rings is 1. The molecule has 0 saturated heterocycles. The molecule has 0 spiro atoms. The van der Waals surface area contributed by atoms with E-state index in [0.717, 1.165) is 26.5 Å². The lowest BCUT2D eigenvalue weighted by Crippen LogP contribution is -1.73. The van der Waals surface area contributed by atoms with Crippen LogP contribution in [-0.4, -0.2) is 4.98 Å². The van der Waals surface area contributed by atoms with Crippen LogP contribution in [0.5, 0.6) is 0 Å². The van der Waals surface area contributed by atoms with E-state index in [2.05, 4.69) is 30.3 Å². The van der Waals surface area contributed by atoms with Crippen molar-refractivity contribution in [2.24, 2.45) is 0 Å². The highest BCUT2D eigenvalue weighted by atomic mass is 35.5. The molecule has 0 amide bonds. The quantitative estimate of drug-likeness (QED) is 0.317. The number of fused-ring (bicyclic) bond motifs is 5. The molecule has 1 nitrogen and oxygen atoms in total. The maximum Gasteiger partial charge on any atom is 0.124 e. The largest absolute Gasteiger partial charge is 0.236 e. The molecule has 0 radical (unpaired) electrons. The van der Waals surface area contributed by atoms with Gasteiger partial charge in [-0.25, -0.2) is 4.98 Å². The fourth-order valence-corrected chi connectivity index (χ4v) is 5.60. The van der Waals surface area contributed by atoms with Gasteiger partial charge in [0.05, 0.1) is 10.2 Å². The second-order valence-electron chi connectivity index (χ2n) is 5.39. The third-order valence-corrected chi connectivity index (χ3v) is 6.56. The van der Waals surface area contributed by atoms with Gasteiger partial charge in [0.15, 0.2) is 0 Å². The van der Waals surface area contributed by atoms with E-state index < -0.39 is 0 Å². The first-order chi connectivity index (χ1) is 11.3. The molecule has 0 aliphatic rings. The van der Waals surface area contributed by atoms with Crippen LogP contribution < -0.4 is 0 Å². The van der Waals surface area contributed by atoms with E-state index in [1.165, 1.54) is 19.5 Å². The summed E-state index contributed by atoms with van der Waals surface area (Å²) < 4.78 is 3.72. The Morgan fingerprint density at radius 1 is 0.739 bits per heavy atom. The zero-order valence-electron chi connectivity index (χ0n) is 11.9. The van der Waals surface area contributed by atoms with Gasteiger partial charge in [0.1, 0.15) is 5.01 Å². The number of rotatable bonds is 1. The number of thiazole rings is 1. The summed E-state index contributed by atoms with van der Waals surface area (Å²) in [5.41, 5.74) is 2.20. The maximum absolute atomic E-state index is 6.49. The normalized spacial score (nSPS) is 11.7. The van der Waals surface area contributed by atoms with Crippen molar-refractivity contribution in [3.8, 4) is 10.6 Å². The summed E-state index contributed by atoms with van der Waals surface area (Å²) in [6.07, 6.45) is 0. The number of hydrogen-bond donors (Lipinski definition) is 0. The lowest BCUT2D eigenvalue weighted by atomic mass is 10.1. The van der Waals surface area contributed by atoms with E-state index in [0.29, 0.717) is 0 Å². The van der Waals surface area contributed by atoms with Crippen LogP contribution in [0.15, 0.2) is 60.7 Å². The van der Waals surface area contributed by atoms with Gasteiger partial charge in [-0.3, -0.25) is 0 Å². The number of benzene rings is 3. The molecule has 2 heterocycles. The van der Waals surface area contributed by atoms with Crippen molar-refractivity contribution in [1.82, 2.24) is 4.98 Å². The lowest BCUT2D eigenvalue weighted by molar-refractivity contribution is 1.48. The highest BCUT2D eigenvalue weighted by Crippen LogP contribution is 2.44. The molecule has 5 rings (SSSR count). The van der Waals surface area contributed by atoms with Crippen LogP contribution in [0, 0.1) is 0 Å². The monoisotopic (exact) mass is 351 g/mol. The predicted octanol–water partition coefficient (Wildman–Crippen LogP) is 6.98. The molecular formula is C19H10ClNS2. The van der Waals surface area contributed by atoms with Crippen molar-refractivity contribution >= 4 is 64.7 Å². The summed E-state index contributed by atoms with van der Waals surface area (Å²) in [4.78, 5) is 4.83. The van der Waals surface area contributed by atoms with E-state index in [9.17, 15) is 0 Å². The van der Waals surface area contributed by atoms with Crippen molar-refractivity contribution in [1.29, 1.82) is 0 Å². The Hall–Kier alpha value is -1.94. The smallest absolute Gasteiger partial charge is 0.124 e. The van der Waals surface area contributed by atoms with Gasteiger partial charge in [-0.15, -0.1) is 22.7 Å². The zero-order chi connectivity index (χ0) is 15.4. The molecule has 23 heavy (non-hydrogen) atoms. The van der Waals surface area contributed by atoms with E-state index in [1.807, 2.05) is 30.3 Å². The van der Waals surface area contributed by atoms with E-state index in [4.69, 9.17) is 16.6 Å². The highest BCUT2D eigenvalue weighted by Gasteiger charge is 2.15. The Balaban J connectivity index is 1.92. The van der Waals surface area contributed by atoms with Crippen LogP contribution in [-0.2, 0) is 0 Å². The summed E-state index contributed by atoms with van der Waals surface area (Å²) in [5, 5.41) is 4.27. The number of aromatic nitrogens is 1. The zero-order valence-corrected chi connectivity index (χ0v) is 14.3. The number of hydrogen-bond acceptors (Lipinski definition) is 3. The molecule has 0 bridgehead atoms. The third kappa shape index (κ3) is 2.01. The molecule has 3 aromatic carbocycles. The van der Waals surface area contributed by atoms with Gasteiger partial charge in [0.25, 0.3) is 0 Å². The summed E-state index contributed by atoms with van der Waals surface area (Å²) in [5.74, 6) is 0. The molecule has 4 heteroatoms. The molecule has 5 aromatic rings. The Morgan fingerprint density at radius 2 is 1.57 bits per heavy atom. The van der Waals surface area contributed by atoms with Crippen LogP contribution in [0.2, 0.25) is 5.02 Å². The van der Waals surface area contributed by atoms with Crippen LogP contribution >= 0.6 is 34.3 Å². The molecule has 0 unspecified atom stereocenters. The number of nitrogens with zero attached hydrogens (tertiary/aromatic N) is 1. The van der Waals surface area contributed by atoms with E-state index in [1.54, 1.807) is 22.7 Å². The maximum atomic E-state index is 6.49. The average Bonchev–Trinajstić information content (AvgIpc) is 3.17. The van der Waals surface area contributed by atoms with Gasteiger partial charge in [0.2, 0.25) is 0 Å². The second-order valence-corrected chi connectivity index (χ2v) is 7.88. The second kappa shape index (κ2) is 5.03. The molecule has 0 N–H and O–H groups in total. The molecule has 2 aromatic heterocycles. The Kier molecular flexibility index (Phi) is 2.95. The van der Waals surface area contributed by atoms with Crippen LogP contribution in [0.4, 0.5) is 0 Å². The van der Waals surface area contributed by atoms with Gasteiger partial charge in [0, 0.05) is 30.8 Å². The average molecular weight is 352 g/mol. The van der Waals surface area contributed by atoms with E-state index >= 15 is 0 Å². The fourth-order valence-electron chi connectivity index (χ4n) is 2.95. The van der Waals surface area contributed by atoms with Gasteiger partial charge in [-0.1, -0.05) is 48.0 Å². The predicted molar refractivity (Wildman–Crippen MR) is 103 cm³/mol. The Bertz CT molecular complexity index is 1170. The van der Waals surface area contributed by atoms with Gasteiger partial charge < -0.3 is 0 Å². The minimum Gasteiger partial charge on any atom is -0.236 e. The standard InChI is InChI=1S/C19H10ClNS2/c20-12-7-4-8-14-16(12)17-15(22-14)10-9-13-18(17)23-19(21-13)11-5-2-1-3-6-11/h1-10H. The van der Waals surface area contributed by atoms with Gasteiger partial charge in [-0.05, 0) is 24.3 Å². The Labute approximate surface area is 145 Å². The molecule has 0 aliphatic carbocycles.